The topological polar surface area (TPSA) is 96.0 Å². The van der Waals surface area contributed by atoms with E-state index in [4.69, 9.17) is 4.74 Å². The molecular weight excluding hydrogens is 478 g/mol. The lowest BCUT2D eigenvalue weighted by molar-refractivity contribution is -0.140. The summed E-state index contributed by atoms with van der Waals surface area (Å²) in [6, 6.07) is 15.4. The van der Waals surface area contributed by atoms with Crippen LogP contribution in [0.25, 0.3) is 0 Å². The van der Waals surface area contributed by atoms with Crippen molar-refractivity contribution in [1.82, 2.24) is 10.2 Å². The normalized spacial score (nSPS) is 14.8. The summed E-state index contributed by atoms with van der Waals surface area (Å²) in [6.45, 7) is 4.02. The van der Waals surface area contributed by atoms with Crippen LogP contribution in [0, 0.1) is 0 Å². The zero-order valence-corrected chi connectivity index (χ0v) is 22.2. The van der Waals surface area contributed by atoms with Crippen LogP contribution in [0.1, 0.15) is 51.5 Å². The summed E-state index contributed by atoms with van der Waals surface area (Å²) in [5.41, 5.74) is 1.22. The largest absolute Gasteiger partial charge is 0.494 e. The van der Waals surface area contributed by atoms with E-state index in [-0.39, 0.29) is 18.5 Å². The van der Waals surface area contributed by atoms with Crippen molar-refractivity contribution in [3.63, 3.8) is 0 Å². The second-order valence-electron chi connectivity index (χ2n) is 9.12. The summed E-state index contributed by atoms with van der Waals surface area (Å²) in [4.78, 5) is 28.5. The van der Waals surface area contributed by atoms with Gasteiger partial charge in [0.05, 0.1) is 18.6 Å². The molecule has 2 amide bonds. The first kappa shape index (κ1) is 27.5. The lowest BCUT2D eigenvalue weighted by Crippen LogP contribution is -2.53. The Hall–Kier alpha value is -3.07. The molecule has 0 aromatic heterocycles. The zero-order chi connectivity index (χ0) is 26.1. The van der Waals surface area contributed by atoms with Gasteiger partial charge < -0.3 is 15.0 Å². The standard InChI is InChI=1S/C27H37N3O5S/c1-4-25(27(32)28-22-13-9-10-14-22)29(19-21-11-7-6-8-12-21)26(31)20-30(36(3,33)34)23-15-17-24(18-16-23)35-5-2/h6-8,11-12,15-18,22,25H,4-5,9-10,13-14,19-20H2,1-3H3,(H,28,32)/t25-/m1/s1. The molecular formula is C27H37N3O5S. The molecule has 1 atom stereocenters. The summed E-state index contributed by atoms with van der Waals surface area (Å²) in [5.74, 6) is -0.0198. The van der Waals surface area contributed by atoms with Crippen LogP contribution in [0.5, 0.6) is 5.75 Å². The van der Waals surface area contributed by atoms with E-state index < -0.39 is 28.5 Å². The molecule has 36 heavy (non-hydrogen) atoms. The van der Waals surface area contributed by atoms with Crippen molar-refractivity contribution in [2.75, 3.05) is 23.7 Å². The Morgan fingerprint density at radius 3 is 2.22 bits per heavy atom. The van der Waals surface area contributed by atoms with E-state index in [1.54, 1.807) is 24.3 Å². The molecule has 9 heteroatoms. The molecule has 0 saturated heterocycles. The van der Waals surface area contributed by atoms with E-state index in [0.717, 1.165) is 41.8 Å². The molecule has 196 valence electrons. The number of sulfonamides is 1. The first-order valence-electron chi connectivity index (χ1n) is 12.6. The van der Waals surface area contributed by atoms with E-state index in [9.17, 15) is 18.0 Å². The van der Waals surface area contributed by atoms with Crippen molar-refractivity contribution >= 4 is 27.5 Å². The fraction of sp³-hybridized carbons (Fsp3) is 0.481. The van der Waals surface area contributed by atoms with Gasteiger partial charge in [-0.3, -0.25) is 13.9 Å². The van der Waals surface area contributed by atoms with Gasteiger partial charge in [0, 0.05) is 12.6 Å². The van der Waals surface area contributed by atoms with Crippen molar-refractivity contribution in [1.29, 1.82) is 0 Å². The maximum Gasteiger partial charge on any atom is 0.244 e. The van der Waals surface area contributed by atoms with Crippen LogP contribution in [-0.2, 0) is 26.2 Å². The number of nitrogens with one attached hydrogen (secondary N) is 1. The van der Waals surface area contributed by atoms with Gasteiger partial charge in [-0.25, -0.2) is 8.42 Å². The number of rotatable bonds is 12. The second kappa shape index (κ2) is 12.8. The number of carbonyl (C=O) groups is 2. The van der Waals surface area contributed by atoms with Gasteiger partial charge in [-0.15, -0.1) is 0 Å². The highest BCUT2D eigenvalue weighted by Crippen LogP contribution is 2.23. The first-order valence-corrected chi connectivity index (χ1v) is 14.4. The monoisotopic (exact) mass is 515 g/mol. The Morgan fingerprint density at radius 2 is 1.67 bits per heavy atom. The van der Waals surface area contributed by atoms with Gasteiger partial charge in [0.25, 0.3) is 0 Å². The number of hydrogen-bond donors (Lipinski definition) is 1. The van der Waals surface area contributed by atoms with Gasteiger partial charge in [-0.2, -0.15) is 0 Å². The van der Waals surface area contributed by atoms with Gasteiger partial charge in [-0.05, 0) is 56.0 Å². The number of carbonyl (C=O) groups excluding carboxylic acids is 2. The van der Waals surface area contributed by atoms with Crippen molar-refractivity contribution in [2.45, 2.75) is 64.6 Å². The van der Waals surface area contributed by atoms with E-state index >= 15 is 0 Å². The molecule has 0 radical (unpaired) electrons. The van der Waals surface area contributed by atoms with Crippen molar-refractivity contribution in [3.8, 4) is 5.75 Å². The van der Waals surface area contributed by atoms with Gasteiger partial charge >= 0.3 is 0 Å². The van der Waals surface area contributed by atoms with Gasteiger partial charge in [0.1, 0.15) is 18.3 Å². The maximum atomic E-state index is 13.7. The second-order valence-corrected chi connectivity index (χ2v) is 11.0. The molecule has 0 aliphatic heterocycles. The maximum absolute atomic E-state index is 13.7. The molecule has 3 rings (SSSR count). The van der Waals surface area contributed by atoms with E-state index in [0.29, 0.717) is 24.5 Å². The van der Waals surface area contributed by atoms with Crippen LogP contribution in [-0.4, -0.2) is 56.6 Å². The summed E-state index contributed by atoms with van der Waals surface area (Å²) in [6.07, 6.45) is 5.53. The third kappa shape index (κ3) is 7.46. The number of nitrogens with zero attached hydrogens (tertiary/aromatic N) is 2. The quantitative estimate of drug-likeness (QED) is 0.465. The van der Waals surface area contributed by atoms with Crippen LogP contribution >= 0.6 is 0 Å². The molecule has 1 aliphatic rings. The highest BCUT2D eigenvalue weighted by Gasteiger charge is 2.33. The van der Waals surface area contributed by atoms with Crippen molar-refractivity contribution < 1.29 is 22.7 Å². The van der Waals surface area contributed by atoms with E-state index in [1.165, 1.54) is 4.90 Å². The Bertz CT molecular complexity index is 1100. The fourth-order valence-corrected chi connectivity index (χ4v) is 5.41. The Morgan fingerprint density at radius 1 is 1.03 bits per heavy atom. The van der Waals surface area contributed by atoms with Crippen LogP contribution in [0.3, 0.4) is 0 Å². The average Bonchev–Trinajstić information content (AvgIpc) is 3.36. The van der Waals surface area contributed by atoms with Crippen molar-refractivity contribution in [2.24, 2.45) is 0 Å². The number of ether oxygens (including phenoxy) is 1. The number of anilines is 1. The number of amides is 2. The predicted molar refractivity (Wildman–Crippen MR) is 141 cm³/mol. The first-order chi connectivity index (χ1) is 17.2. The summed E-state index contributed by atoms with van der Waals surface area (Å²) < 4.78 is 31.9. The third-order valence-corrected chi connectivity index (χ3v) is 7.54. The SMILES string of the molecule is CCOc1ccc(N(CC(=O)N(Cc2ccccc2)[C@H](CC)C(=O)NC2CCCC2)S(C)(=O)=O)cc1. The summed E-state index contributed by atoms with van der Waals surface area (Å²) >= 11 is 0. The average molecular weight is 516 g/mol. The lowest BCUT2D eigenvalue weighted by atomic mass is 10.1. The highest BCUT2D eigenvalue weighted by molar-refractivity contribution is 7.92. The zero-order valence-electron chi connectivity index (χ0n) is 21.4. The Labute approximate surface area is 214 Å². The van der Waals surface area contributed by atoms with Crippen LogP contribution in [0.2, 0.25) is 0 Å². The molecule has 2 aromatic carbocycles. The van der Waals surface area contributed by atoms with E-state index in [1.807, 2.05) is 44.2 Å². The molecule has 0 heterocycles. The highest BCUT2D eigenvalue weighted by atomic mass is 32.2. The van der Waals surface area contributed by atoms with Crippen molar-refractivity contribution in [3.05, 3.63) is 60.2 Å². The molecule has 1 N–H and O–H groups in total. The van der Waals surface area contributed by atoms with Gasteiger partial charge in [0.2, 0.25) is 21.8 Å². The molecule has 0 bridgehead atoms. The minimum Gasteiger partial charge on any atom is -0.494 e. The van der Waals surface area contributed by atoms with Crippen LogP contribution in [0.15, 0.2) is 54.6 Å². The minimum atomic E-state index is -3.77. The minimum absolute atomic E-state index is 0.122. The summed E-state index contributed by atoms with van der Waals surface area (Å²) in [5, 5.41) is 3.11. The third-order valence-electron chi connectivity index (χ3n) is 6.40. The molecule has 2 aromatic rings. The smallest absolute Gasteiger partial charge is 0.244 e. The summed E-state index contributed by atoms with van der Waals surface area (Å²) in [7, 11) is -3.77. The Balaban J connectivity index is 1.88. The number of benzene rings is 2. The molecule has 1 aliphatic carbocycles. The Kier molecular flexibility index (Phi) is 9.75. The van der Waals surface area contributed by atoms with E-state index in [2.05, 4.69) is 5.32 Å². The molecule has 1 fully saturated rings. The predicted octanol–water partition coefficient (Wildman–Crippen LogP) is 3.72. The molecule has 0 spiro atoms. The number of hydrogen-bond acceptors (Lipinski definition) is 5. The van der Waals surface area contributed by atoms with Crippen LogP contribution < -0.4 is 14.4 Å². The molecule has 8 nitrogen and oxygen atoms in total. The molecule has 1 saturated carbocycles. The fourth-order valence-electron chi connectivity index (χ4n) is 4.56. The van der Waals surface area contributed by atoms with Gasteiger partial charge in [-0.1, -0.05) is 50.1 Å². The lowest BCUT2D eigenvalue weighted by Gasteiger charge is -2.33. The van der Waals surface area contributed by atoms with Crippen LogP contribution in [0.4, 0.5) is 5.69 Å². The molecule has 0 unspecified atom stereocenters. The van der Waals surface area contributed by atoms with Gasteiger partial charge in [0.15, 0.2) is 0 Å².